The summed E-state index contributed by atoms with van der Waals surface area (Å²) in [7, 11) is 0. The monoisotopic (exact) mass is 225 g/mol. The zero-order chi connectivity index (χ0) is 12.1. The molecule has 0 unspecified atom stereocenters. The maximum absolute atomic E-state index is 9.52. The van der Waals surface area contributed by atoms with E-state index in [1.165, 1.54) is 6.42 Å². The standard InChI is InChI=1S/C13H23NO2/c1-4-15-12(3,16-5-2)13(11-14)9-7-6-8-10-13/h4-10H2,1-3H3. The van der Waals surface area contributed by atoms with Crippen molar-refractivity contribution < 1.29 is 9.47 Å². The Bertz CT molecular complexity index is 245. The first-order valence-corrected chi connectivity index (χ1v) is 6.33. The van der Waals surface area contributed by atoms with Gasteiger partial charge in [0.25, 0.3) is 0 Å². The highest BCUT2D eigenvalue weighted by molar-refractivity contribution is 5.08. The largest absolute Gasteiger partial charge is 0.349 e. The van der Waals surface area contributed by atoms with Crippen LogP contribution in [0.5, 0.6) is 0 Å². The average molecular weight is 225 g/mol. The lowest BCUT2D eigenvalue weighted by Gasteiger charge is -2.45. The zero-order valence-electron chi connectivity index (χ0n) is 10.7. The van der Waals surface area contributed by atoms with E-state index in [1.54, 1.807) is 0 Å². The number of nitriles is 1. The SMILES string of the molecule is CCOC(C)(OCC)C1(C#N)CCCCC1. The van der Waals surface area contributed by atoms with Gasteiger partial charge in [0, 0.05) is 13.2 Å². The smallest absolute Gasteiger partial charge is 0.184 e. The van der Waals surface area contributed by atoms with Gasteiger partial charge in [-0.1, -0.05) is 19.3 Å². The van der Waals surface area contributed by atoms with Gasteiger partial charge in [0.2, 0.25) is 0 Å². The van der Waals surface area contributed by atoms with Gasteiger partial charge in [0.15, 0.2) is 5.79 Å². The molecule has 0 amide bonds. The van der Waals surface area contributed by atoms with Crippen LogP contribution in [0.15, 0.2) is 0 Å². The molecule has 3 heteroatoms. The van der Waals surface area contributed by atoms with Gasteiger partial charge in [0.05, 0.1) is 6.07 Å². The number of hydrogen-bond acceptors (Lipinski definition) is 3. The first-order chi connectivity index (χ1) is 7.64. The van der Waals surface area contributed by atoms with Gasteiger partial charge in [-0.2, -0.15) is 5.26 Å². The van der Waals surface area contributed by atoms with Crippen LogP contribution in [0, 0.1) is 16.7 Å². The summed E-state index contributed by atoms with van der Waals surface area (Å²) in [5.74, 6) is -0.744. The van der Waals surface area contributed by atoms with Gasteiger partial charge in [-0.05, 0) is 33.6 Å². The zero-order valence-corrected chi connectivity index (χ0v) is 10.7. The van der Waals surface area contributed by atoms with Crippen molar-refractivity contribution in [2.75, 3.05) is 13.2 Å². The van der Waals surface area contributed by atoms with Crippen molar-refractivity contribution in [1.29, 1.82) is 5.26 Å². The normalized spacial score (nSPS) is 20.4. The summed E-state index contributed by atoms with van der Waals surface area (Å²) < 4.78 is 11.5. The van der Waals surface area contributed by atoms with E-state index in [0.717, 1.165) is 25.7 Å². The Kier molecular flexibility index (Phi) is 4.76. The maximum Gasteiger partial charge on any atom is 0.184 e. The third-order valence-corrected chi connectivity index (χ3v) is 3.63. The van der Waals surface area contributed by atoms with Crippen LogP contribution in [0.4, 0.5) is 0 Å². The van der Waals surface area contributed by atoms with Gasteiger partial charge >= 0.3 is 0 Å². The summed E-state index contributed by atoms with van der Waals surface area (Å²) in [6.45, 7) is 6.99. The summed E-state index contributed by atoms with van der Waals surface area (Å²) >= 11 is 0. The quantitative estimate of drug-likeness (QED) is 0.674. The van der Waals surface area contributed by atoms with E-state index in [4.69, 9.17) is 9.47 Å². The first-order valence-electron chi connectivity index (χ1n) is 6.33. The molecule has 1 aliphatic carbocycles. The van der Waals surface area contributed by atoms with Crippen molar-refractivity contribution in [3.05, 3.63) is 0 Å². The Morgan fingerprint density at radius 1 is 1.12 bits per heavy atom. The fraction of sp³-hybridized carbons (Fsp3) is 0.923. The minimum atomic E-state index is -0.744. The molecule has 16 heavy (non-hydrogen) atoms. The molecule has 0 aromatic heterocycles. The predicted molar refractivity (Wildman–Crippen MR) is 62.8 cm³/mol. The fourth-order valence-corrected chi connectivity index (χ4v) is 2.69. The van der Waals surface area contributed by atoms with Gasteiger partial charge in [-0.15, -0.1) is 0 Å². The molecule has 0 spiro atoms. The second-order valence-electron chi connectivity index (χ2n) is 4.57. The van der Waals surface area contributed by atoms with E-state index in [2.05, 4.69) is 6.07 Å². The molecule has 0 heterocycles. The van der Waals surface area contributed by atoms with Crippen molar-refractivity contribution in [1.82, 2.24) is 0 Å². The van der Waals surface area contributed by atoms with E-state index < -0.39 is 11.2 Å². The van der Waals surface area contributed by atoms with E-state index in [9.17, 15) is 5.26 Å². The summed E-state index contributed by atoms with van der Waals surface area (Å²) in [5, 5.41) is 9.52. The molecule has 3 nitrogen and oxygen atoms in total. The van der Waals surface area contributed by atoms with Crippen LogP contribution in [-0.2, 0) is 9.47 Å². The second kappa shape index (κ2) is 5.65. The van der Waals surface area contributed by atoms with Crippen LogP contribution in [0.2, 0.25) is 0 Å². The van der Waals surface area contributed by atoms with Gasteiger partial charge in [-0.25, -0.2) is 0 Å². The molecule has 0 aromatic carbocycles. The van der Waals surface area contributed by atoms with Crippen molar-refractivity contribution in [2.45, 2.75) is 58.7 Å². The molecule has 92 valence electrons. The van der Waals surface area contributed by atoms with Crippen LogP contribution >= 0.6 is 0 Å². The predicted octanol–water partition coefficient (Wildman–Crippen LogP) is 3.25. The third kappa shape index (κ3) is 2.39. The minimum absolute atomic E-state index is 0.461. The molecule has 1 fully saturated rings. The third-order valence-electron chi connectivity index (χ3n) is 3.63. The van der Waals surface area contributed by atoms with Crippen LogP contribution < -0.4 is 0 Å². The first kappa shape index (κ1) is 13.5. The van der Waals surface area contributed by atoms with Crippen molar-refractivity contribution in [2.24, 2.45) is 5.41 Å². The number of ether oxygens (including phenoxy) is 2. The molecule has 0 bridgehead atoms. The van der Waals surface area contributed by atoms with E-state index in [1.807, 2.05) is 20.8 Å². The molecule has 0 atom stereocenters. The molecule has 0 radical (unpaired) electrons. The highest BCUT2D eigenvalue weighted by Gasteiger charge is 2.51. The van der Waals surface area contributed by atoms with Gasteiger partial charge in [-0.3, -0.25) is 0 Å². The van der Waals surface area contributed by atoms with Crippen LogP contribution in [0.1, 0.15) is 52.9 Å². The Labute approximate surface area is 98.7 Å². The van der Waals surface area contributed by atoms with Crippen LogP contribution in [0.25, 0.3) is 0 Å². The van der Waals surface area contributed by atoms with Crippen LogP contribution in [-0.4, -0.2) is 19.0 Å². The molecule has 0 N–H and O–H groups in total. The molecule has 1 saturated carbocycles. The molecule has 0 aromatic rings. The Hall–Kier alpha value is -0.590. The lowest BCUT2D eigenvalue weighted by Crippen LogP contribution is -2.50. The molecule has 1 aliphatic rings. The van der Waals surface area contributed by atoms with Crippen molar-refractivity contribution in [3.63, 3.8) is 0 Å². The number of hydrogen-bond donors (Lipinski definition) is 0. The maximum atomic E-state index is 9.52. The number of nitrogens with zero attached hydrogens (tertiary/aromatic N) is 1. The fourth-order valence-electron chi connectivity index (χ4n) is 2.69. The highest BCUT2D eigenvalue weighted by Crippen LogP contribution is 2.46. The molecule has 0 aliphatic heterocycles. The highest BCUT2D eigenvalue weighted by atomic mass is 16.7. The molecular weight excluding hydrogens is 202 g/mol. The molecular formula is C13H23NO2. The lowest BCUT2D eigenvalue weighted by atomic mass is 9.69. The lowest BCUT2D eigenvalue weighted by molar-refractivity contribution is -0.277. The second-order valence-corrected chi connectivity index (χ2v) is 4.57. The van der Waals surface area contributed by atoms with Crippen LogP contribution in [0.3, 0.4) is 0 Å². The van der Waals surface area contributed by atoms with E-state index in [0.29, 0.717) is 13.2 Å². The summed E-state index contributed by atoms with van der Waals surface area (Å²) in [4.78, 5) is 0. The topological polar surface area (TPSA) is 42.2 Å². The summed E-state index contributed by atoms with van der Waals surface area (Å²) in [5.41, 5.74) is -0.461. The minimum Gasteiger partial charge on any atom is -0.349 e. The van der Waals surface area contributed by atoms with Gasteiger partial charge in [0.1, 0.15) is 5.41 Å². The Morgan fingerprint density at radius 2 is 1.62 bits per heavy atom. The van der Waals surface area contributed by atoms with Gasteiger partial charge < -0.3 is 9.47 Å². The van der Waals surface area contributed by atoms with Crippen molar-refractivity contribution in [3.8, 4) is 6.07 Å². The molecule has 1 rings (SSSR count). The summed E-state index contributed by atoms with van der Waals surface area (Å²) in [6, 6.07) is 2.48. The Morgan fingerprint density at radius 3 is 2.00 bits per heavy atom. The Balaban J connectivity index is 2.92. The summed E-state index contributed by atoms with van der Waals surface area (Å²) in [6.07, 6.45) is 5.20. The number of rotatable bonds is 5. The van der Waals surface area contributed by atoms with Crippen molar-refractivity contribution >= 4 is 0 Å². The molecule has 0 saturated heterocycles. The van der Waals surface area contributed by atoms with E-state index in [-0.39, 0.29) is 0 Å². The average Bonchev–Trinajstić information content (AvgIpc) is 2.30. The van der Waals surface area contributed by atoms with E-state index >= 15 is 0 Å².